The van der Waals surface area contributed by atoms with Gasteiger partial charge in [-0.3, -0.25) is 9.59 Å². The van der Waals surface area contributed by atoms with Crippen LogP contribution >= 0.6 is 23.2 Å². The van der Waals surface area contributed by atoms with Crippen molar-refractivity contribution >= 4 is 35.0 Å². The van der Waals surface area contributed by atoms with Gasteiger partial charge in [0.2, 0.25) is 0 Å². The number of benzene rings is 2. The second-order valence-corrected chi connectivity index (χ2v) is 7.90. The zero-order valence-corrected chi connectivity index (χ0v) is 17.4. The molecule has 1 N–H and O–H groups in total. The van der Waals surface area contributed by atoms with Crippen LogP contribution in [-0.4, -0.2) is 29.5 Å². The van der Waals surface area contributed by atoms with E-state index in [0.717, 1.165) is 10.6 Å². The molecule has 0 aliphatic carbocycles. The number of rotatable bonds is 4. The number of nitrogens with one attached hydrogen (secondary N) is 1. The predicted octanol–water partition coefficient (Wildman–Crippen LogP) is 4.90. The average molecular weight is 409 g/mol. The summed E-state index contributed by atoms with van der Waals surface area (Å²) in [6.45, 7) is 7.36. The van der Waals surface area contributed by atoms with Gasteiger partial charge in [0.05, 0.1) is 28.3 Å². The van der Waals surface area contributed by atoms with Crippen molar-refractivity contribution < 1.29 is 14.3 Å². The third-order valence-corrected chi connectivity index (χ3v) is 4.34. The topological polar surface area (TPSA) is 58.6 Å². The smallest absolute Gasteiger partial charge is 0.277 e. The van der Waals surface area contributed by atoms with Gasteiger partial charge >= 0.3 is 0 Å². The Morgan fingerprint density at radius 3 is 2.26 bits per heavy atom. The van der Waals surface area contributed by atoms with Gasteiger partial charge in [0.25, 0.3) is 11.8 Å². The van der Waals surface area contributed by atoms with Crippen molar-refractivity contribution in [3.63, 3.8) is 0 Å². The summed E-state index contributed by atoms with van der Waals surface area (Å²) in [4.78, 5) is 26.3. The van der Waals surface area contributed by atoms with Gasteiger partial charge in [-0.15, -0.1) is 0 Å². The van der Waals surface area contributed by atoms with E-state index in [1.165, 1.54) is 13.2 Å². The third kappa shape index (κ3) is 5.01. The van der Waals surface area contributed by atoms with E-state index in [2.05, 4.69) is 5.43 Å². The summed E-state index contributed by atoms with van der Waals surface area (Å²) in [5.41, 5.74) is 3.60. The van der Waals surface area contributed by atoms with Crippen molar-refractivity contribution in [2.45, 2.75) is 33.2 Å². The van der Waals surface area contributed by atoms with E-state index < -0.39 is 17.4 Å². The molecular formula is C20H22Cl2N2O3. The molecule has 0 aliphatic heterocycles. The first-order valence-corrected chi connectivity index (χ1v) is 9.06. The lowest BCUT2D eigenvalue weighted by Crippen LogP contribution is -2.54. The Bertz CT molecular complexity index is 876. The van der Waals surface area contributed by atoms with Crippen LogP contribution in [0.15, 0.2) is 36.4 Å². The van der Waals surface area contributed by atoms with Gasteiger partial charge in [0, 0.05) is 5.54 Å². The maximum Gasteiger partial charge on any atom is 0.277 e. The van der Waals surface area contributed by atoms with E-state index in [9.17, 15) is 9.59 Å². The molecule has 0 fully saturated rings. The van der Waals surface area contributed by atoms with Crippen LogP contribution in [-0.2, 0) is 0 Å². The first kappa shape index (κ1) is 21.2. The molecule has 5 nitrogen and oxygen atoms in total. The van der Waals surface area contributed by atoms with Crippen molar-refractivity contribution in [1.82, 2.24) is 10.4 Å². The number of carbonyl (C=O) groups excluding carboxylic acids is 2. The summed E-state index contributed by atoms with van der Waals surface area (Å²) in [5.74, 6) is -0.821. The van der Waals surface area contributed by atoms with E-state index >= 15 is 0 Å². The lowest BCUT2D eigenvalue weighted by atomic mass is 10.1. The molecular weight excluding hydrogens is 387 g/mol. The Morgan fingerprint density at radius 1 is 1.04 bits per heavy atom. The molecule has 7 heteroatoms. The van der Waals surface area contributed by atoms with E-state index in [-0.39, 0.29) is 21.2 Å². The molecule has 0 saturated carbocycles. The van der Waals surface area contributed by atoms with Gasteiger partial charge in [-0.05, 0) is 52.0 Å². The van der Waals surface area contributed by atoms with Gasteiger partial charge in [-0.1, -0.05) is 40.9 Å². The van der Waals surface area contributed by atoms with Crippen molar-refractivity contribution in [3.05, 3.63) is 63.1 Å². The molecule has 144 valence electrons. The van der Waals surface area contributed by atoms with Crippen LogP contribution in [0.4, 0.5) is 0 Å². The number of halogens is 2. The lowest BCUT2D eigenvalue weighted by molar-refractivity contribution is 0.0452. The standard InChI is InChI=1S/C20H22Cl2N2O3/c1-12-9-10-15(21)14(11-12)19(26)24(23-20(2,3)4)18(25)13-7-6-8-16(27-5)17(13)22/h6-11,23H,1-5H3. The van der Waals surface area contributed by atoms with Crippen LogP contribution in [0, 0.1) is 6.92 Å². The van der Waals surface area contributed by atoms with Crippen LogP contribution in [0.5, 0.6) is 5.75 Å². The number of ether oxygens (including phenoxy) is 1. The van der Waals surface area contributed by atoms with Crippen LogP contribution in [0.2, 0.25) is 10.0 Å². The molecule has 2 aromatic rings. The Morgan fingerprint density at radius 2 is 1.67 bits per heavy atom. The highest BCUT2D eigenvalue weighted by atomic mass is 35.5. The largest absolute Gasteiger partial charge is 0.495 e. The summed E-state index contributed by atoms with van der Waals surface area (Å²) >= 11 is 12.5. The van der Waals surface area contributed by atoms with Crippen LogP contribution in [0.1, 0.15) is 47.1 Å². The van der Waals surface area contributed by atoms with Crippen molar-refractivity contribution in [3.8, 4) is 5.75 Å². The summed E-state index contributed by atoms with van der Waals surface area (Å²) in [5, 5.41) is 1.34. The summed E-state index contributed by atoms with van der Waals surface area (Å²) < 4.78 is 5.17. The van der Waals surface area contributed by atoms with Gasteiger partial charge in [-0.2, -0.15) is 0 Å². The second kappa shape index (κ2) is 8.30. The molecule has 2 rings (SSSR count). The van der Waals surface area contributed by atoms with E-state index in [4.69, 9.17) is 27.9 Å². The fourth-order valence-corrected chi connectivity index (χ4v) is 2.89. The zero-order valence-electron chi connectivity index (χ0n) is 15.9. The lowest BCUT2D eigenvalue weighted by Gasteiger charge is -2.30. The molecule has 2 amide bonds. The van der Waals surface area contributed by atoms with Crippen molar-refractivity contribution in [1.29, 1.82) is 0 Å². The van der Waals surface area contributed by atoms with Gasteiger partial charge < -0.3 is 4.74 Å². The van der Waals surface area contributed by atoms with E-state index in [1.54, 1.807) is 30.3 Å². The quantitative estimate of drug-likeness (QED) is 0.577. The number of methoxy groups -OCH3 is 1. The maximum atomic E-state index is 13.2. The van der Waals surface area contributed by atoms with Crippen molar-refractivity contribution in [2.24, 2.45) is 0 Å². The van der Waals surface area contributed by atoms with Gasteiger partial charge in [0.1, 0.15) is 5.75 Å². The summed E-state index contributed by atoms with van der Waals surface area (Å²) in [7, 11) is 1.46. The number of hydrazine groups is 1. The number of imide groups is 1. The first-order valence-electron chi connectivity index (χ1n) is 8.30. The molecule has 0 heterocycles. The highest BCUT2D eigenvalue weighted by Crippen LogP contribution is 2.29. The molecule has 27 heavy (non-hydrogen) atoms. The number of nitrogens with zero attached hydrogens (tertiary/aromatic N) is 1. The van der Waals surface area contributed by atoms with Gasteiger partial charge in [-0.25, -0.2) is 10.4 Å². The van der Waals surface area contributed by atoms with Crippen LogP contribution in [0.25, 0.3) is 0 Å². The molecule has 0 bridgehead atoms. The Kier molecular flexibility index (Phi) is 6.52. The Hall–Kier alpha value is -2.08. The SMILES string of the molecule is COc1cccc(C(=O)N(NC(C)(C)C)C(=O)c2cc(C)ccc2Cl)c1Cl. The number of carbonyl (C=O) groups is 2. The Balaban J connectivity index is 2.53. The van der Waals surface area contributed by atoms with Crippen LogP contribution in [0.3, 0.4) is 0 Å². The minimum atomic E-state index is -0.601. The number of hydrogen-bond acceptors (Lipinski definition) is 4. The second-order valence-electron chi connectivity index (χ2n) is 7.11. The molecule has 0 aromatic heterocycles. The van der Waals surface area contributed by atoms with E-state index in [0.29, 0.717) is 5.75 Å². The highest BCUT2D eigenvalue weighted by Gasteiger charge is 2.31. The first-order chi connectivity index (χ1) is 12.5. The molecule has 0 atom stereocenters. The van der Waals surface area contributed by atoms with E-state index in [1.807, 2.05) is 27.7 Å². The Labute approximate surface area is 169 Å². The average Bonchev–Trinajstić information content (AvgIpc) is 2.60. The molecule has 0 unspecified atom stereocenters. The van der Waals surface area contributed by atoms with Crippen molar-refractivity contribution in [2.75, 3.05) is 7.11 Å². The fourth-order valence-electron chi connectivity index (χ4n) is 2.41. The monoisotopic (exact) mass is 408 g/mol. The summed E-state index contributed by atoms with van der Waals surface area (Å²) in [6.07, 6.45) is 0. The predicted molar refractivity (Wildman–Crippen MR) is 108 cm³/mol. The van der Waals surface area contributed by atoms with Gasteiger partial charge in [0.15, 0.2) is 0 Å². The number of aryl methyl sites for hydroxylation is 1. The minimum absolute atomic E-state index is 0.133. The summed E-state index contributed by atoms with van der Waals surface area (Å²) in [6, 6.07) is 9.87. The number of amides is 2. The number of hydrogen-bond donors (Lipinski definition) is 1. The zero-order chi connectivity index (χ0) is 20.4. The highest BCUT2D eigenvalue weighted by molar-refractivity contribution is 6.36. The molecule has 0 aliphatic rings. The van der Waals surface area contributed by atoms with Crippen LogP contribution < -0.4 is 10.2 Å². The third-order valence-electron chi connectivity index (χ3n) is 3.62. The minimum Gasteiger partial charge on any atom is -0.495 e. The normalized spacial score (nSPS) is 11.2. The molecule has 0 saturated heterocycles. The molecule has 0 spiro atoms. The maximum absolute atomic E-state index is 13.2. The molecule has 2 aromatic carbocycles. The molecule has 0 radical (unpaired) electrons. The fraction of sp³-hybridized carbons (Fsp3) is 0.300.